The smallest absolute Gasteiger partial charge is 0.119 e. The fourth-order valence-corrected chi connectivity index (χ4v) is 0.761. The first-order valence-corrected chi connectivity index (χ1v) is 2.69. The number of hydrogen-bond acceptors (Lipinski definition) is 2. The Kier molecular flexibility index (Phi) is 0.841. The Hall–Kier alpha value is -1.22. The summed E-state index contributed by atoms with van der Waals surface area (Å²) in [5, 5.41) is 0. The zero-order valence-corrected chi connectivity index (χ0v) is 4.66. The molecule has 1 radical (unpaired) electrons. The van der Waals surface area contributed by atoms with E-state index in [9.17, 15) is 0 Å². The Labute approximate surface area is 52.5 Å². The monoisotopic (exact) mass is 121 g/mol. The average Bonchev–Trinajstić information content (AvgIpc) is 2.33. The number of anilines is 1. The highest BCUT2D eigenvalue weighted by atomic mass is 16.8. The largest absolute Gasteiger partial charge is 0.238 e. The van der Waals surface area contributed by atoms with Crippen molar-refractivity contribution in [1.29, 1.82) is 0 Å². The van der Waals surface area contributed by atoms with Gasteiger partial charge in [-0.3, -0.25) is 0 Å². The number of para-hydroxylation sites is 1. The molecule has 0 atom stereocenters. The first-order chi connectivity index (χ1) is 4.47. The predicted molar refractivity (Wildman–Crippen MR) is 32.9 cm³/mol. The molecule has 3 heteroatoms. The van der Waals surface area contributed by atoms with Gasteiger partial charge in [0.25, 0.3) is 0 Å². The highest BCUT2D eigenvalue weighted by Gasteiger charge is 2.08. The van der Waals surface area contributed by atoms with E-state index in [0.29, 0.717) is 0 Å². The molecular weight excluding hydrogens is 116 g/mol. The van der Waals surface area contributed by atoms with Crippen LogP contribution in [0.5, 0.6) is 0 Å². The van der Waals surface area contributed by atoms with Gasteiger partial charge in [-0.15, -0.1) is 10.4 Å². The van der Waals surface area contributed by atoms with Gasteiger partial charge in [0.15, 0.2) is 0 Å². The molecule has 1 aliphatic rings. The molecule has 9 heavy (non-hydrogen) atoms. The molecule has 3 nitrogen and oxygen atoms in total. The SMILES string of the molecule is c1ccc2c(c1)[N]ON2. The van der Waals surface area contributed by atoms with Crippen molar-refractivity contribution in [2.45, 2.75) is 0 Å². The minimum atomic E-state index is 0.859. The van der Waals surface area contributed by atoms with E-state index in [-0.39, 0.29) is 0 Å². The third-order valence-corrected chi connectivity index (χ3v) is 1.20. The second-order valence-electron chi connectivity index (χ2n) is 1.80. The lowest BCUT2D eigenvalue weighted by Crippen LogP contribution is -1.93. The van der Waals surface area contributed by atoms with Crippen LogP contribution in [0, 0.1) is 0 Å². The van der Waals surface area contributed by atoms with Crippen LogP contribution < -0.4 is 11.0 Å². The third-order valence-electron chi connectivity index (χ3n) is 1.20. The van der Waals surface area contributed by atoms with E-state index in [4.69, 9.17) is 0 Å². The van der Waals surface area contributed by atoms with Crippen LogP contribution in [-0.4, -0.2) is 0 Å². The van der Waals surface area contributed by atoms with Gasteiger partial charge in [0.1, 0.15) is 5.69 Å². The summed E-state index contributed by atoms with van der Waals surface area (Å²) < 4.78 is 0. The molecule has 0 bridgehead atoms. The molecular formula is C6H5N2O. The summed E-state index contributed by atoms with van der Waals surface area (Å²) >= 11 is 0. The fraction of sp³-hybridized carbons (Fsp3) is 0. The van der Waals surface area contributed by atoms with Gasteiger partial charge in [0.05, 0.1) is 5.69 Å². The van der Waals surface area contributed by atoms with Crippen LogP contribution in [-0.2, 0) is 4.94 Å². The maximum atomic E-state index is 4.59. The third kappa shape index (κ3) is 0.622. The van der Waals surface area contributed by atoms with Crippen LogP contribution in [0.1, 0.15) is 0 Å². The van der Waals surface area contributed by atoms with E-state index >= 15 is 0 Å². The first-order valence-electron chi connectivity index (χ1n) is 2.69. The molecule has 0 amide bonds. The van der Waals surface area contributed by atoms with E-state index in [0.717, 1.165) is 11.4 Å². The molecule has 0 saturated carbocycles. The van der Waals surface area contributed by atoms with Crippen LogP contribution >= 0.6 is 0 Å². The Morgan fingerprint density at radius 3 is 3.11 bits per heavy atom. The molecule has 0 aromatic heterocycles. The van der Waals surface area contributed by atoms with Crippen molar-refractivity contribution in [3.8, 4) is 0 Å². The van der Waals surface area contributed by atoms with Crippen molar-refractivity contribution in [1.82, 2.24) is 5.48 Å². The quantitative estimate of drug-likeness (QED) is 0.559. The van der Waals surface area contributed by atoms with Crippen molar-refractivity contribution < 1.29 is 4.94 Å². The number of fused-ring (bicyclic) bond motifs is 1. The lowest BCUT2D eigenvalue weighted by atomic mass is 10.3. The average molecular weight is 121 g/mol. The van der Waals surface area contributed by atoms with Crippen LogP contribution in [0.3, 0.4) is 0 Å². The number of nitrogens with zero attached hydrogens (tertiary/aromatic N) is 1. The standard InChI is InChI=1S/C6H5N2O/c1-2-4-6-5(3-1)7-9-8-6/h1-4,7H. The summed E-state index contributed by atoms with van der Waals surface area (Å²) in [5.74, 6) is 0. The molecule has 0 unspecified atom stereocenters. The van der Waals surface area contributed by atoms with Gasteiger partial charge >= 0.3 is 0 Å². The van der Waals surface area contributed by atoms with Gasteiger partial charge in [0.2, 0.25) is 0 Å². The van der Waals surface area contributed by atoms with Crippen molar-refractivity contribution >= 4 is 11.4 Å². The molecule has 1 aliphatic heterocycles. The highest BCUT2D eigenvalue weighted by molar-refractivity contribution is 5.64. The fourth-order valence-electron chi connectivity index (χ4n) is 0.761. The summed E-state index contributed by atoms with van der Waals surface area (Å²) in [6.07, 6.45) is 0. The lowest BCUT2D eigenvalue weighted by molar-refractivity contribution is 0.140. The number of rotatable bonds is 0. The number of nitrogens with one attached hydrogen (secondary N) is 1. The van der Waals surface area contributed by atoms with Crippen LogP contribution in [0.2, 0.25) is 0 Å². The molecule has 2 rings (SSSR count). The van der Waals surface area contributed by atoms with Crippen LogP contribution in [0.4, 0.5) is 11.4 Å². The molecule has 1 aromatic carbocycles. The maximum Gasteiger partial charge on any atom is 0.119 e. The Morgan fingerprint density at radius 2 is 2.22 bits per heavy atom. The lowest BCUT2D eigenvalue weighted by Gasteiger charge is -1.88. The molecule has 1 aromatic rings. The molecule has 0 spiro atoms. The van der Waals surface area contributed by atoms with E-state index < -0.39 is 0 Å². The second-order valence-corrected chi connectivity index (χ2v) is 1.80. The molecule has 45 valence electrons. The zero-order chi connectivity index (χ0) is 6.10. The van der Waals surface area contributed by atoms with Gasteiger partial charge < -0.3 is 0 Å². The molecule has 0 aliphatic carbocycles. The van der Waals surface area contributed by atoms with E-state index in [1.807, 2.05) is 24.3 Å². The van der Waals surface area contributed by atoms with Gasteiger partial charge in [-0.1, -0.05) is 12.1 Å². The highest BCUT2D eigenvalue weighted by Crippen LogP contribution is 2.25. The molecule has 1 N–H and O–H groups in total. The van der Waals surface area contributed by atoms with Gasteiger partial charge in [-0.25, -0.2) is 5.48 Å². The van der Waals surface area contributed by atoms with Gasteiger partial charge in [-0.2, -0.15) is 0 Å². The van der Waals surface area contributed by atoms with Crippen molar-refractivity contribution in [2.75, 3.05) is 5.48 Å². The van der Waals surface area contributed by atoms with E-state index in [1.165, 1.54) is 0 Å². The summed E-state index contributed by atoms with van der Waals surface area (Å²) in [5.41, 5.74) is 8.11. The minimum absolute atomic E-state index is 0.859. The Bertz CT molecular complexity index is 201. The first kappa shape index (κ1) is 4.64. The zero-order valence-electron chi connectivity index (χ0n) is 4.66. The second kappa shape index (κ2) is 1.63. The number of hydrogen-bond donors (Lipinski definition) is 1. The molecule has 0 fully saturated rings. The normalized spacial score (nSPS) is 13.8. The summed E-state index contributed by atoms with van der Waals surface area (Å²) in [6.45, 7) is 0. The van der Waals surface area contributed by atoms with Crippen LogP contribution in [0.25, 0.3) is 0 Å². The number of benzene rings is 1. The van der Waals surface area contributed by atoms with Crippen LogP contribution in [0.15, 0.2) is 24.3 Å². The minimum Gasteiger partial charge on any atom is -0.238 e. The topological polar surface area (TPSA) is 35.4 Å². The summed E-state index contributed by atoms with van der Waals surface area (Å²) in [7, 11) is 0. The van der Waals surface area contributed by atoms with Crippen molar-refractivity contribution in [3.63, 3.8) is 0 Å². The van der Waals surface area contributed by atoms with Crippen molar-refractivity contribution in [2.24, 2.45) is 0 Å². The summed E-state index contributed by atoms with van der Waals surface area (Å²) in [6, 6.07) is 7.63. The molecule has 1 heterocycles. The van der Waals surface area contributed by atoms with Crippen molar-refractivity contribution in [3.05, 3.63) is 24.3 Å². The Morgan fingerprint density at radius 1 is 1.33 bits per heavy atom. The summed E-state index contributed by atoms with van der Waals surface area (Å²) in [4.78, 5) is 4.59. The predicted octanol–water partition coefficient (Wildman–Crippen LogP) is 1.19. The molecule has 0 saturated heterocycles. The van der Waals surface area contributed by atoms with E-state index in [2.05, 4.69) is 15.9 Å². The van der Waals surface area contributed by atoms with Gasteiger partial charge in [0, 0.05) is 0 Å². The van der Waals surface area contributed by atoms with Gasteiger partial charge in [-0.05, 0) is 12.1 Å². The Balaban J connectivity index is 2.54. The van der Waals surface area contributed by atoms with E-state index in [1.54, 1.807) is 0 Å². The maximum absolute atomic E-state index is 4.59.